The summed E-state index contributed by atoms with van der Waals surface area (Å²) < 4.78 is 10.8. The third-order valence-corrected chi connectivity index (χ3v) is 13.3. The van der Waals surface area contributed by atoms with Crippen molar-refractivity contribution in [3.63, 3.8) is 0 Å². The third kappa shape index (κ3) is 11.5. The van der Waals surface area contributed by atoms with Gasteiger partial charge in [0.2, 0.25) is 0 Å². The van der Waals surface area contributed by atoms with E-state index in [0.29, 0.717) is 52.8 Å². The van der Waals surface area contributed by atoms with Crippen LogP contribution in [0, 0.1) is 11.8 Å². The van der Waals surface area contributed by atoms with Gasteiger partial charge in [0.15, 0.2) is 11.4 Å². The van der Waals surface area contributed by atoms with E-state index in [1.54, 1.807) is 48.0 Å². The van der Waals surface area contributed by atoms with Crippen LogP contribution in [0.15, 0.2) is 126 Å². The lowest BCUT2D eigenvalue weighted by molar-refractivity contribution is 0.0642. The second-order valence-corrected chi connectivity index (χ2v) is 17.7. The van der Waals surface area contributed by atoms with Gasteiger partial charge in [-0.25, -0.2) is 9.97 Å². The predicted octanol–water partition coefficient (Wildman–Crippen LogP) is 9.83. The number of carbonyl (C=O) groups excluding carboxylic acids is 4. The van der Waals surface area contributed by atoms with Gasteiger partial charge < -0.3 is 30.7 Å². The van der Waals surface area contributed by atoms with Gasteiger partial charge in [-0.3, -0.25) is 19.2 Å². The second kappa shape index (κ2) is 22.7. The number of benzene rings is 4. The number of pyridine rings is 2. The summed E-state index contributed by atoms with van der Waals surface area (Å²) in [4.78, 5) is 60.6. The Bertz CT molecular complexity index is 2810. The number of hydrogen-bond acceptors (Lipinski definition) is 9. The summed E-state index contributed by atoms with van der Waals surface area (Å²) in [5.74, 6) is -0.323. The first-order valence-corrected chi connectivity index (χ1v) is 24.3. The van der Waals surface area contributed by atoms with Gasteiger partial charge in [0.05, 0.1) is 11.4 Å². The molecule has 2 saturated heterocycles. The fourth-order valence-electron chi connectivity index (χ4n) is 8.30. The van der Waals surface area contributed by atoms with Crippen molar-refractivity contribution in [2.24, 2.45) is 11.8 Å². The Morgan fingerprint density at radius 1 is 0.561 bits per heavy atom. The zero-order chi connectivity index (χ0) is 45.7. The molecule has 0 atom stereocenters. The molecule has 3 aromatic heterocycles. The number of rotatable bonds is 13. The number of aromatic nitrogens is 2. The maximum Gasteiger partial charge on any atom is 0.272 e. The van der Waals surface area contributed by atoms with Crippen molar-refractivity contribution in [3.05, 3.63) is 165 Å². The SMILES string of the molecule is O=C(NCC1CCOCC1)c1ncccc1NC(=O)c1ccc(CBr)c2ccccc12.O=C(NCC1CCOCC1)c1ncccc1NC(=O)c1ccc(Cc2ccsc2)c2ccccc12. The van der Waals surface area contributed by atoms with Gasteiger partial charge in [0.1, 0.15) is 0 Å². The fourth-order valence-corrected chi connectivity index (χ4v) is 9.46. The molecule has 0 radical (unpaired) electrons. The molecule has 5 heterocycles. The molecular formula is C52H51BrN6O6S. The van der Waals surface area contributed by atoms with Crippen molar-refractivity contribution < 1.29 is 28.7 Å². The summed E-state index contributed by atoms with van der Waals surface area (Å²) in [7, 11) is 0. The number of ether oxygens (including phenoxy) is 2. The Kier molecular flexibility index (Phi) is 15.9. The van der Waals surface area contributed by atoms with E-state index in [0.717, 1.165) is 85.6 Å². The maximum absolute atomic E-state index is 13.4. The van der Waals surface area contributed by atoms with Crippen molar-refractivity contribution in [2.45, 2.75) is 37.4 Å². The van der Waals surface area contributed by atoms with Crippen molar-refractivity contribution in [3.8, 4) is 0 Å². The average Bonchev–Trinajstić information content (AvgIpc) is 3.89. The van der Waals surface area contributed by atoms with E-state index in [4.69, 9.17) is 9.47 Å². The van der Waals surface area contributed by atoms with Gasteiger partial charge in [-0.2, -0.15) is 11.3 Å². The van der Waals surface area contributed by atoms with Crippen LogP contribution in [0.25, 0.3) is 21.5 Å². The maximum atomic E-state index is 13.4. The zero-order valence-electron chi connectivity index (χ0n) is 36.4. The highest BCUT2D eigenvalue weighted by Crippen LogP contribution is 2.28. The number of hydrogen-bond donors (Lipinski definition) is 4. The minimum atomic E-state index is -0.290. The van der Waals surface area contributed by atoms with E-state index in [1.165, 1.54) is 11.1 Å². The molecule has 4 amide bonds. The largest absolute Gasteiger partial charge is 0.381 e. The van der Waals surface area contributed by atoms with Gasteiger partial charge in [0.25, 0.3) is 23.6 Å². The molecule has 2 aliphatic rings. The molecule has 14 heteroatoms. The van der Waals surface area contributed by atoms with E-state index >= 15 is 0 Å². The highest BCUT2D eigenvalue weighted by molar-refractivity contribution is 9.08. The lowest BCUT2D eigenvalue weighted by Gasteiger charge is -2.22. The molecular weight excluding hydrogens is 917 g/mol. The predicted molar refractivity (Wildman–Crippen MR) is 264 cm³/mol. The molecule has 0 unspecified atom stereocenters. The van der Waals surface area contributed by atoms with Crippen molar-refractivity contribution in [1.29, 1.82) is 0 Å². The van der Waals surface area contributed by atoms with Gasteiger partial charge in [-0.15, -0.1) is 0 Å². The van der Waals surface area contributed by atoms with E-state index in [9.17, 15) is 19.2 Å². The standard InChI is InChI=1S/C28H27N3O3S.C24H24BrN3O3/c32-27(24-8-7-21(16-20-11-15-35-18-20)22-4-1-2-5-23(22)24)31-25-6-3-12-29-26(25)28(33)30-17-19-9-13-34-14-10-19;25-14-17-7-8-20(19-5-2-1-4-18(17)19)23(29)28-21-6-3-11-26-22(21)24(30)27-15-16-9-12-31-13-10-16/h1-8,11-12,15,18-19H,9-10,13-14,16-17H2,(H,30,33)(H,31,32);1-8,11,16H,9-10,12-15H2,(H,27,30)(H,28,29). The molecule has 12 nitrogen and oxygen atoms in total. The number of halogens is 1. The molecule has 4 aromatic carbocycles. The first kappa shape index (κ1) is 46.2. The number of fused-ring (bicyclic) bond motifs is 2. The van der Waals surface area contributed by atoms with Crippen LogP contribution in [0.4, 0.5) is 11.4 Å². The Morgan fingerprint density at radius 3 is 1.50 bits per heavy atom. The quantitative estimate of drug-likeness (QED) is 0.0832. The van der Waals surface area contributed by atoms with Crippen molar-refractivity contribution >= 4 is 83.8 Å². The van der Waals surface area contributed by atoms with Crippen LogP contribution in [-0.2, 0) is 21.2 Å². The smallest absolute Gasteiger partial charge is 0.272 e. The van der Waals surface area contributed by atoms with Gasteiger partial charge in [-0.1, -0.05) is 76.6 Å². The molecule has 2 aliphatic heterocycles. The first-order valence-electron chi connectivity index (χ1n) is 22.2. The van der Waals surface area contributed by atoms with Gasteiger partial charge in [-0.05, 0) is 135 Å². The number of alkyl halides is 1. The van der Waals surface area contributed by atoms with Crippen LogP contribution in [0.2, 0.25) is 0 Å². The Balaban J connectivity index is 0.000000181. The van der Waals surface area contributed by atoms with Crippen LogP contribution in [0.3, 0.4) is 0 Å². The summed E-state index contributed by atoms with van der Waals surface area (Å²) in [5, 5.41) is 20.5. The summed E-state index contributed by atoms with van der Waals surface area (Å²) in [6, 6.07) is 32.3. The normalized spacial score (nSPS) is 14.2. The topological polar surface area (TPSA) is 161 Å². The van der Waals surface area contributed by atoms with E-state index in [1.807, 2.05) is 72.8 Å². The highest BCUT2D eigenvalue weighted by Gasteiger charge is 2.22. The molecule has 0 saturated carbocycles. The molecule has 7 aromatic rings. The zero-order valence-corrected chi connectivity index (χ0v) is 38.8. The number of anilines is 2. The van der Waals surface area contributed by atoms with Crippen LogP contribution in [-0.4, -0.2) is 73.1 Å². The molecule has 0 aliphatic carbocycles. The molecule has 0 spiro atoms. The number of thiophene rings is 1. The number of nitrogens with zero attached hydrogens (tertiary/aromatic N) is 2. The minimum absolute atomic E-state index is 0.212. The van der Waals surface area contributed by atoms with Gasteiger partial charge >= 0.3 is 0 Å². The van der Waals surface area contributed by atoms with E-state index in [2.05, 4.69) is 64.0 Å². The average molecular weight is 968 g/mol. The Labute approximate surface area is 396 Å². The molecule has 9 rings (SSSR count). The molecule has 0 bridgehead atoms. The molecule has 4 N–H and O–H groups in total. The lowest BCUT2D eigenvalue weighted by atomic mass is 9.96. The van der Waals surface area contributed by atoms with Crippen molar-refractivity contribution in [1.82, 2.24) is 20.6 Å². The third-order valence-electron chi connectivity index (χ3n) is 12.0. The summed E-state index contributed by atoms with van der Waals surface area (Å²) in [6.07, 6.45) is 7.66. The Morgan fingerprint density at radius 2 is 1.03 bits per heavy atom. The lowest BCUT2D eigenvalue weighted by Crippen LogP contribution is -2.33. The summed E-state index contributed by atoms with van der Waals surface area (Å²) in [5.41, 5.74) is 5.87. The molecule has 2 fully saturated rings. The van der Waals surface area contributed by atoms with E-state index < -0.39 is 0 Å². The number of amides is 4. The molecule has 338 valence electrons. The fraction of sp³-hybridized carbons (Fsp3) is 0.269. The van der Waals surface area contributed by atoms with Crippen molar-refractivity contribution in [2.75, 3.05) is 50.2 Å². The number of carbonyl (C=O) groups is 4. The van der Waals surface area contributed by atoms with E-state index in [-0.39, 0.29) is 35.0 Å². The minimum Gasteiger partial charge on any atom is -0.381 e. The highest BCUT2D eigenvalue weighted by atomic mass is 79.9. The monoisotopic (exact) mass is 966 g/mol. The van der Waals surface area contributed by atoms with Crippen LogP contribution < -0.4 is 21.3 Å². The van der Waals surface area contributed by atoms with Gasteiger partial charge in [0, 0.05) is 68.4 Å². The number of nitrogens with one attached hydrogen (secondary N) is 4. The first-order chi connectivity index (χ1) is 32.4. The van der Waals surface area contributed by atoms with Crippen LogP contribution >= 0.6 is 27.3 Å². The Hall–Kier alpha value is -6.32. The van der Waals surface area contributed by atoms with Crippen LogP contribution in [0.5, 0.6) is 0 Å². The molecule has 66 heavy (non-hydrogen) atoms. The summed E-state index contributed by atoms with van der Waals surface area (Å²) >= 11 is 5.18. The van der Waals surface area contributed by atoms with Crippen LogP contribution in [0.1, 0.15) is 84.1 Å². The summed E-state index contributed by atoms with van der Waals surface area (Å²) in [6.45, 7) is 4.06. The second-order valence-electron chi connectivity index (χ2n) is 16.3.